The van der Waals surface area contributed by atoms with Gasteiger partial charge < -0.3 is 4.74 Å². The zero-order valence-electron chi connectivity index (χ0n) is 13.5. The predicted molar refractivity (Wildman–Crippen MR) is 84.1 cm³/mol. The highest BCUT2D eigenvalue weighted by atomic mass is 19.4. The summed E-state index contributed by atoms with van der Waals surface area (Å²) in [5.41, 5.74) is -0.479. The van der Waals surface area contributed by atoms with Crippen LogP contribution in [0, 0.1) is 6.92 Å². The Balaban J connectivity index is 2.31. The van der Waals surface area contributed by atoms with Crippen molar-refractivity contribution in [2.45, 2.75) is 20.0 Å². The van der Waals surface area contributed by atoms with Crippen LogP contribution >= 0.6 is 0 Å². The molecule has 0 fully saturated rings. The number of halogens is 3. The maximum Gasteiger partial charge on any atom is 0.435 e. The van der Waals surface area contributed by atoms with E-state index in [-0.39, 0.29) is 29.1 Å². The lowest BCUT2D eigenvalue weighted by atomic mass is 10.1. The molecule has 0 aliphatic heterocycles. The molecule has 130 valence electrons. The molecule has 0 unspecified atom stereocenters. The second kappa shape index (κ2) is 6.19. The van der Waals surface area contributed by atoms with Crippen molar-refractivity contribution in [3.8, 4) is 11.1 Å². The van der Waals surface area contributed by atoms with E-state index in [4.69, 9.17) is 4.74 Å². The van der Waals surface area contributed by atoms with Crippen LogP contribution < -0.4 is 0 Å². The maximum absolute atomic E-state index is 13.5. The molecule has 0 aliphatic rings. The average molecular weight is 349 g/mol. The number of nitrogens with zero attached hydrogens (tertiary/aromatic N) is 3. The minimum Gasteiger partial charge on any atom is -0.462 e. The Bertz CT molecular complexity index is 934. The number of carbonyl (C=O) groups is 1. The van der Waals surface area contributed by atoms with E-state index in [0.29, 0.717) is 5.56 Å². The zero-order chi connectivity index (χ0) is 18.2. The van der Waals surface area contributed by atoms with Crippen LogP contribution in [0.2, 0.25) is 0 Å². The highest BCUT2D eigenvalue weighted by molar-refractivity contribution is 5.91. The first-order chi connectivity index (χ1) is 11.8. The third-order valence-corrected chi connectivity index (χ3v) is 3.71. The van der Waals surface area contributed by atoms with Gasteiger partial charge in [-0.1, -0.05) is 30.3 Å². The topological polar surface area (TPSA) is 56.5 Å². The van der Waals surface area contributed by atoms with Gasteiger partial charge in [-0.2, -0.15) is 18.3 Å². The molecule has 0 N–H and O–H groups in total. The number of hydrogen-bond donors (Lipinski definition) is 0. The van der Waals surface area contributed by atoms with Crippen molar-refractivity contribution >= 4 is 11.6 Å². The first-order valence-electron chi connectivity index (χ1n) is 7.52. The van der Waals surface area contributed by atoms with Gasteiger partial charge in [-0.15, -0.1) is 0 Å². The third-order valence-electron chi connectivity index (χ3n) is 3.71. The maximum atomic E-state index is 13.5. The lowest BCUT2D eigenvalue weighted by molar-refractivity contribution is -0.140. The molecule has 0 bridgehead atoms. The van der Waals surface area contributed by atoms with Crippen molar-refractivity contribution in [1.82, 2.24) is 14.6 Å². The SMILES string of the molecule is CCOC(=O)c1cnc2c(-c3ccccc3)c(C(F)(F)F)nn2c1C. The number of aromatic nitrogens is 3. The van der Waals surface area contributed by atoms with Crippen molar-refractivity contribution < 1.29 is 22.7 Å². The van der Waals surface area contributed by atoms with Crippen LogP contribution in [0.25, 0.3) is 16.8 Å². The lowest BCUT2D eigenvalue weighted by Gasteiger charge is -2.07. The molecule has 0 saturated heterocycles. The molecule has 0 radical (unpaired) electrons. The molecule has 25 heavy (non-hydrogen) atoms. The largest absolute Gasteiger partial charge is 0.462 e. The molecule has 0 atom stereocenters. The first-order valence-corrected chi connectivity index (χ1v) is 7.52. The van der Waals surface area contributed by atoms with E-state index < -0.39 is 17.8 Å². The molecule has 2 heterocycles. The molecule has 5 nitrogen and oxygen atoms in total. The van der Waals surface area contributed by atoms with Crippen molar-refractivity contribution in [3.63, 3.8) is 0 Å². The lowest BCUT2D eigenvalue weighted by Crippen LogP contribution is -2.11. The monoisotopic (exact) mass is 349 g/mol. The fraction of sp³-hybridized carbons (Fsp3) is 0.235. The number of fused-ring (bicyclic) bond motifs is 1. The van der Waals surface area contributed by atoms with Crippen molar-refractivity contribution in [1.29, 1.82) is 0 Å². The molecule has 0 spiro atoms. The number of aryl methyl sites for hydroxylation is 1. The quantitative estimate of drug-likeness (QED) is 0.673. The molecule has 3 rings (SSSR count). The van der Waals surface area contributed by atoms with Crippen LogP contribution in [-0.2, 0) is 10.9 Å². The van der Waals surface area contributed by atoms with E-state index in [1.807, 2.05) is 0 Å². The Hall–Kier alpha value is -2.90. The second-order valence-corrected chi connectivity index (χ2v) is 5.30. The summed E-state index contributed by atoms with van der Waals surface area (Å²) in [5, 5.41) is 3.68. The summed E-state index contributed by atoms with van der Waals surface area (Å²) in [4.78, 5) is 16.0. The molecule has 2 aromatic heterocycles. The molecule has 8 heteroatoms. The second-order valence-electron chi connectivity index (χ2n) is 5.30. The summed E-state index contributed by atoms with van der Waals surface area (Å²) in [5.74, 6) is -0.653. The van der Waals surface area contributed by atoms with Gasteiger partial charge in [0.15, 0.2) is 11.3 Å². The van der Waals surface area contributed by atoms with Crippen LogP contribution in [0.3, 0.4) is 0 Å². The van der Waals surface area contributed by atoms with Gasteiger partial charge in [0.25, 0.3) is 0 Å². The zero-order valence-corrected chi connectivity index (χ0v) is 13.5. The number of rotatable bonds is 3. The molecule has 1 aromatic carbocycles. The molecule has 0 saturated carbocycles. The van der Waals surface area contributed by atoms with Crippen LogP contribution in [-0.4, -0.2) is 27.2 Å². The van der Waals surface area contributed by atoms with Crippen LogP contribution in [0.15, 0.2) is 36.5 Å². The third kappa shape index (κ3) is 2.95. The number of carbonyl (C=O) groups excluding carboxylic acids is 1. The van der Waals surface area contributed by atoms with Gasteiger partial charge in [-0.05, 0) is 19.4 Å². The summed E-state index contributed by atoms with van der Waals surface area (Å²) in [6.45, 7) is 3.30. The molecule has 3 aromatic rings. The normalized spacial score (nSPS) is 11.7. The number of ether oxygens (including phenoxy) is 1. The smallest absolute Gasteiger partial charge is 0.435 e. The summed E-state index contributed by atoms with van der Waals surface area (Å²) < 4.78 is 46.4. The highest BCUT2D eigenvalue weighted by Crippen LogP contribution is 2.38. The average Bonchev–Trinajstić information content (AvgIpc) is 2.97. The molecular formula is C17H14F3N3O2. The van der Waals surface area contributed by atoms with Crippen LogP contribution in [0.1, 0.15) is 28.7 Å². The Labute approximate surface area is 141 Å². The minimum absolute atomic E-state index is 0.0315. The van der Waals surface area contributed by atoms with Crippen molar-refractivity contribution in [2.75, 3.05) is 6.61 Å². The Morgan fingerprint density at radius 1 is 1.24 bits per heavy atom. The van der Waals surface area contributed by atoms with Gasteiger partial charge in [0, 0.05) is 6.20 Å². The summed E-state index contributed by atoms with van der Waals surface area (Å²) in [6.07, 6.45) is -3.44. The van der Waals surface area contributed by atoms with Gasteiger partial charge >= 0.3 is 12.1 Å². The van der Waals surface area contributed by atoms with E-state index in [9.17, 15) is 18.0 Å². The standard InChI is InChI=1S/C17H14F3N3O2/c1-3-25-16(24)12-9-21-15-13(11-7-5-4-6-8-11)14(17(18,19)20)22-23(15)10(12)2/h4-9H,3H2,1-2H3. The highest BCUT2D eigenvalue weighted by Gasteiger charge is 2.39. The first kappa shape index (κ1) is 16.9. The molecule has 0 amide bonds. The van der Waals surface area contributed by atoms with Gasteiger partial charge in [-0.3, -0.25) is 0 Å². The van der Waals surface area contributed by atoms with Crippen molar-refractivity contribution in [3.05, 3.63) is 53.5 Å². The van der Waals surface area contributed by atoms with Gasteiger partial charge in [0.2, 0.25) is 0 Å². The van der Waals surface area contributed by atoms with E-state index >= 15 is 0 Å². The summed E-state index contributed by atoms with van der Waals surface area (Å²) in [6, 6.07) is 8.10. The fourth-order valence-electron chi connectivity index (χ4n) is 2.57. The van der Waals surface area contributed by atoms with Crippen LogP contribution in [0.5, 0.6) is 0 Å². The van der Waals surface area contributed by atoms with Gasteiger partial charge in [0.1, 0.15) is 0 Å². The Morgan fingerprint density at radius 3 is 2.52 bits per heavy atom. The Morgan fingerprint density at radius 2 is 1.92 bits per heavy atom. The molecular weight excluding hydrogens is 335 g/mol. The number of hydrogen-bond acceptors (Lipinski definition) is 4. The number of alkyl halides is 3. The van der Waals surface area contributed by atoms with Crippen LogP contribution in [0.4, 0.5) is 13.2 Å². The number of benzene rings is 1. The minimum atomic E-state index is -4.66. The summed E-state index contributed by atoms with van der Waals surface area (Å²) in [7, 11) is 0. The predicted octanol–water partition coefficient (Wildman–Crippen LogP) is 3.90. The summed E-state index contributed by atoms with van der Waals surface area (Å²) >= 11 is 0. The fourth-order valence-corrected chi connectivity index (χ4v) is 2.57. The van der Waals surface area contributed by atoms with Crippen molar-refractivity contribution in [2.24, 2.45) is 0 Å². The van der Waals surface area contributed by atoms with E-state index in [1.54, 1.807) is 37.3 Å². The number of esters is 1. The molecule has 0 aliphatic carbocycles. The Kier molecular flexibility index (Phi) is 4.20. The van der Waals surface area contributed by atoms with Gasteiger partial charge in [0.05, 0.1) is 23.4 Å². The van der Waals surface area contributed by atoms with E-state index in [2.05, 4.69) is 10.1 Å². The van der Waals surface area contributed by atoms with E-state index in [0.717, 1.165) is 4.52 Å². The van der Waals surface area contributed by atoms with Gasteiger partial charge in [-0.25, -0.2) is 14.3 Å². The van der Waals surface area contributed by atoms with E-state index in [1.165, 1.54) is 13.1 Å².